The van der Waals surface area contributed by atoms with E-state index in [1.807, 2.05) is 24.1 Å². The van der Waals surface area contributed by atoms with Gasteiger partial charge in [0, 0.05) is 25.4 Å². The van der Waals surface area contributed by atoms with Gasteiger partial charge in [0.2, 0.25) is 0 Å². The highest BCUT2D eigenvalue weighted by molar-refractivity contribution is 6.04. The average molecular weight is 406 g/mol. The number of nitrogens with zero attached hydrogens (tertiary/aromatic N) is 2. The Kier molecular flexibility index (Phi) is 6.67. The van der Waals surface area contributed by atoms with Crippen LogP contribution in [-0.2, 0) is 6.42 Å². The zero-order chi connectivity index (χ0) is 21.7. The first-order chi connectivity index (χ1) is 14.4. The summed E-state index contributed by atoms with van der Waals surface area (Å²) in [6, 6.07) is 14.0. The van der Waals surface area contributed by atoms with Crippen molar-refractivity contribution in [1.82, 2.24) is 4.98 Å². The number of pyridine rings is 1. The van der Waals surface area contributed by atoms with Crippen LogP contribution in [0.5, 0.6) is 5.75 Å². The van der Waals surface area contributed by atoms with Crippen molar-refractivity contribution < 1.29 is 19.4 Å². The fourth-order valence-electron chi connectivity index (χ4n) is 3.41. The number of hydrogen-bond donors (Lipinski definition) is 1. The van der Waals surface area contributed by atoms with E-state index < -0.39 is 5.97 Å². The molecule has 0 spiro atoms. The summed E-state index contributed by atoms with van der Waals surface area (Å²) in [5.74, 6) is 0.0513. The lowest BCUT2D eigenvalue weighted by Gasteiger charge is -2.19. The summed E-state index contributed by atoms with van der Waals surface area (Å²) in [6.07, 6.45) is 2.20. The highest BCUT2D eigenvalue weighted by atomic mass is 16.5. The number of unbranched alkanes of at least 4 members (excludes halogenated alkanes) is 1. The molecule has 1 N–H and O–H groups in total. The molecule has 0 saturated carbocycles. The monoisotopic (exact) mass is 406 g/mol. The van der Waals surface area contributed by atoms with Crippen LogP contribution in [-0.4, -0.2) is 42.5 Å². The first-order valence-electron chi connectivity index (χ1n) is 9.99. The van der Waals surface area contributed by atoms with Crippen LogP contribution in [0, 0.1) is 0 Å². The molecule has 0 saturated heterocycles. The Morgan fingerprint density at radius 2 is 1.87 bits per heavy atom. The molecule has 3 rings (SSSR count). The molecule has 0 amide bonds. The lowest BCUT2D eigenvalue weighted by atomic mass is 9.99. The number of ether oxygens (including phenoxy) is 1. The lowest BCUT2D eigenvalue weighted by Crippen LogP contribution is -2.20. The van der Waals surface area contributed by atoms with Crippen molar-refractivity contribution >= 4 is 28.5 Å². The normalized spacial score (nSPS) is 10.8. The number of Topliss-reactive ketones (excluding diaryl/α,β-unsaturated/α-hetero) is 1. The fourth-order valence-corrected chi connectivity index (χ4v) is 3.41. The summed E-state index contributed by atoms with van der Waals surface area (Å²) in [4.78, 5) is 31.3. The van der Waals surface area contributed by atoms with E-state index in [-0.39, 0.29) is 17.8 Å². The maximum absolute atomic E-state index is 12.8. The fraction of sp³-hybridized carbons (Fsp3) is 0.292. The van der Waals surface area contributed by atoms with Crippen LogP contribution in [0.2, 0.25) is 0 Å². The Balaban J connectivity index is 1.96. The van der Waals surface area contributed by atoms with Crippen molar-refractivity contribution in [2.45, 2.75) is 26.2 Å². The number of carboxylic acid groups (broad SMARTS) is 1. The molecule has 156 valence electrons. The predicted molar refractivity (Wildman–Crippen MR) is 118 cm³/mol. The Morgan fingerprint density at radius 1 is 1.10 bits per heavy atom. The number of carboxylic acids is 1. The SMILES string of the molecule is CCCCN(C)c1cc(C(=O)O)c2cc(CC(=O)c3ccccc3OC)ccc2n1. The second-order valence-corrected chi connectivity index (χ2v) is 7.26. The van der Waals surface area contributed by atoms with Gasteiger partial charge >= 0.3 is 5.97 Å². The van der Waals surface area contributed by atoms with Gasteiger partial charge < -0.3 is 14.7 Å². The molecule has 0 aliphatic carbocycles. The number of rotatable bonds is 9. The van der Waals surface area contributed by atoms with Crippen molar-refractivity contribution in [2.24, 2.45) is 0 Å². The highest BCUT2D eigenvalue weighted by Crippen LogP contribution is 2.26. The van der Waals surface area contributed by atoms with E-state index in [0.717, 1.165) is 24.9 Å². The number of methoxy groups -OCH3 is 1. The van der Waals surface area contributed by atoms with E-state index in [1.54, 1.807) is 36.4 Å². The van der Waals surface area contributed by atoms with Gasteiger partial charge in [0.25, 0.3) is 0 Å². The van der Waals surface area contributed by atoms with Gasteiger partial charge in [0.1, 0.15) is 11.6 Å². The third-order valence-corrected chi connectivity index (χ3v) is 5.10. The second kappa shape index (κ2) is 9.39. The summed E-state index contributed by atoms with van der Waals surface area (Å²) in [5, 5.41) is 10.3. The van der Waals surface area contributed by atoms with E-state index in [4.69, 9.17) is 4.74 Å². The van der Waals surface area contributed by atoms with E-state index >= 15 is 0 Å². The lowest BCUT2D eigenvalue weighted by molar-refractivity contribution is 0.0698. The smallest absolute Gasteiger partial charge is 0.336 e. The number of fused-ring (bicyclic) bond motifs is 1. The molecular formula is C24H26N2O4. The molecule has 30 heavy (non-hydrogen) atoms. The number of aromatic carboxylic acids is 1. The van der Waals surface area contributed by atoms with Gasteiger partial charge in [-0.3, -0.25) is 4.79 Å². The van der Waals surface area contributed by atoms with Crippen molar-refractivity contribution in [3.8, 4) is 5.75 Å². The number of anilines is 1. The third kappa shape index (κ3) is 4.59. The molecule has 3 aromatic rings. The predicted octanol–water partition coefficient (Wildman–Crippen LogP) is 4.60. The van der Waals surface area contributed by atoms with E-state index in [0.29, 0.717) is 28.0 Å². The molecule has 0 fully saturated rings. The first kappa shape index (κ1) is 21.3. The number of hydrogen-bond acceptors (Lipinski definition) is 5. The standard InChI is InChI=1S/C24H26N2O4/c1-4-5-12-26(2)23-15-19(24(28)29)18-13-16(10-11-20(18)25-23)14-21(27)17-8-6-7-9-22(17)30-3/h6-11,13,15H,4-5,12,14H2,1-3H3,(H,28,29). The quantitative estimate of drug-likeness (QED) is 0.523. The van der Waals surface area contributed by atoms with Crippen LogP contribution >= 0.6 is 0 Å². The van der Waals surface area contributed by atoms with Gasteiger partial charge in [-0.2, -0.15) is 0 Å². The molecule has 1 aromatic heterocycles. The van der Waals surface area contributed by atoms with Crippen molar-refractivity contribution in [3.05, 3.63) is 65.2 Å². The minimum absolute atomic E-state index is 0.0902. The molecule has 0 aliphatic heterocycles. The Labute approximate surface area is 176 Å². The third-order valence-electron chi connectivity index (χ3n) is 5.10. The van der Waals surface area contributed by atoms with Gasteiger partial charge in [-0.15, -0.1) is 0 Å². The molecule has 6 heteroatoms. The highest BCUT2D eigenvalue weighted by Gasteiger charge is 2.17. The van der Waals surface area contributed by atoms with E-state index in [9.17, 15) is 14.7 Å². The van der Waals surface area contributed by atoms with E-state index in [2.05, 4.69) is 11.9 Å². The largest absolute Gasteiger partial charge is 0.496 e. The summed E-state index contributed by atoms with van der Waals surface area (Å²) in [7, 11) is 3.44. The van der Waals surface area contributed by atoms with Gasteiger partial charge in [0.15, 0.2) is 5.78 Å². The molecule has 0 aliphatic rings. The number of aromatic nitrogens is 1. The van der Waals surface area contributed by atoms with Crippen LogP contribution in [0.15, 0.2) is 48.5 Å². The van der Waals surface area contributed by atoms with Crippen LogP contribution in [0.25, 0.3) is 10.9 Å². The van der Waals surface area contributed by atoms with Gasteiger partial charge in [-0.05, 0) is 42.3 Å². The molecule has 0 radical (unpaired) electrons. The van der Waals surface area contributed by atoms with Crippen molar-refractivity contribution in [1.29, 1.82) is 0 Å². The molecule has 1 heterocycles. The summed E-state index contributed by atoms with van der Waals surface area (Å²) in [6.45, 7) is 2.91. The Bertz CT molecular complexity index is 1080. The minimum atomic E-state index is -1.01. The van der Waals surface area contributed by atoms with Crippen LogP contribution in [0.1, 0.15) is 46.0 Å². The molecule has 0 bridgehead atoms. The maximum atomic E-state index is 12.8. The van der Waals surface area contributed by atoms with Gasteiger partial charge in [-0.25, -0.2) is 9.78 Å². The first-order valence-corrected chi connectivity index (χ1v) is 9.99. The zero-order valence-corrected chi connectivity index (χ0v) is 17.5. The van der Waals surface area contributed by atoms with Crippen LogP contribution in [0.3, 0.4) is 0 Å². The summed E-state index contributed by atoms with van der Waals surface area (Å²) in [5.41, 5.74) is 2.02. The van der Waals surface area contributed by atoms with Crippen molar-refractivity contribution in [2.75, 3.05) is 25.6 Å². The number of benzene rings is 2. The van der Waals surface area contributed by atoms with Gasteiger partial charge in [-0.1, -0.05) is 31.5 Å². The molecule has 2 aromatic carbocycles. The average Bonchev–Trinajstić information content (AvgIpc) is 2.76. The number of para-hydroxylation sites is 1. The molecular weight excluding hydrogens is 380 g/mol. The van der Waals surface area contributed by atoms with Crippen molar-refractivity contribution in [3.63, 3.8) is 0 Å². The molecule has 0 atom stereocenters. The second-order valence-electron chi connectivity index (χ2n) is 7.26. The molecule has 0 unspecified atom stereocenters. The number of carbonyl (C=O) groups is 2. The summed E-state index contributed by atoms with van der Waals surface area (Å²) < 4.78 is 5.28. The minimum Gasteiger partial charge on any atom is -0.496 e. The van der Waals surface area contributed by atoms with Gasteiger partial charge in [0.05, 0.1) is 23.8 Å². The maximum Gasteiger partial charge on any atom is 0.336 e. The van der Waals surface area contributed by atoms with Crippen LogP contribution < -0.4 is 9.64 Å². The molecule has 6 nitrogen and oxygen atoms in total. The van der Waals surface area contributed by atoms with E-state index in [1.165, 1.54) is 7.11 Å². The topological polar surface area (TPSA) is 79.7 Å². The summed E-state index contributed by atoms with van der Waals surface area (Å²) >= 11 is 0. The Hall–Kier alpha value is -3.41. The number of ketones is 1. The zero-order valence-electron chi connectivity index (χ0n) is 17.5. The Morgan fingerprint density at radius 3 is 2.57 bits per heavy atom. The van der Waals surface area contributed by atoms with Crippen LogP contribution in [0.4, 0.5) is 5.82 Å². The number of carbonyl (C=O) groups excluding carboxylic acids is 1.